The van der Waals surface area contributed by atoms with Crippen LogP contribution in [0.15, 0.2) is 60.9 Å². The zero-order chi connectivity index (χ0) is 32.4. The number of rotatable bonds is 6. The number of anilines is 5. The molecule has 0 spiro atoms. The number of aryl methyl sites for hydroxylation is 4. The molecule has 0 aliphatic carbocycles. The summed E-state index contributed by atoms with van der Waals surface area (Å²) in [7, 11) is 0. The van der Waals surface area contributed by atoms with Crippen LogP contribution in [0.5, 0.6) is 0 Å². The number of benzene rings is 2. The van der Waals surface area contributed by atoms with Gasteiger partial charge in [0.2, 0.25) is 0 Å². The van der Waals surface area contributed by atoms with Gasteiger partial charge in [0.1, 0.15) is 5.82 Å². The fourth-order valence-electron chi connectivity index (χ4n) is 4.65. The maximum Gasteiger partial charge on any atom is 4.00 e. The van der Waals surface area contributed by atoms with Crippen molar-refractivity contribution < 1.29 is 29.3 Å². The van der Waals surface area contributed by atoms with E-state index < -0.39 is 14.0 Å². The van der Waals surface area contributed by atoms with Crippen LogP contribution in [0.4, 0.5) is 28.6 Å². The van der Waals surface area contributed by atoms with E-state index in [1.165, 1.54) is 18.2 Å². The number of nitrogens with one attached hydrogen (secondary N) is 1. The third-order valence-corrected chi connectivity index (χ3v) is 6.15. The standard InChI is InChI=1S/C30H31N6.CN.Pt/c1-20-13-21(2)29(22(3)14-20)24-15-25(33-18-34(5)27-9-7-11-31-23(27)4)17-26(16-24)36-19-35(6)28-10-8-12-32-30(28)36;1-2;/h7-16,18-19,33H,1-6H3;;/q-3;-1;+4/i5D3,6D3;;. The summed E-state index contributed by atoms with van der Waals surface area (Å²) in [6, 6.07) is 18.1. The van der Waals surface area contributed by atoms with E-state index in [1.807, 2.05) is 32.9 Å². The Kier molecular flexibility index (Phi) is 7.20. The van der Waals surface area contributed by atoms with Gasteiger partial charge >= 0.3 is 21.1 Å². The average Bonchev–Trinajstić information content (AvgIpc) is 3.35. The van der Waals surface area contributed by atoms with Gasteiger partial charge in [0.05, 0.1) is 5.69 Å². The van der Waals surface area contributed by atoms with Crippen molar-refractivity contribution in [2.24, 2.45) is 0 Å². The molecule has 8 heteroatoms. The Bertz CT molecular complexity index is 1650. The summed E-state index contributed by atoms with van der Waals surface area (Å²) in [5.74, 6) is 0.449. The maximum absolute atomic E-state index is 8.15. The number of fused-ring (bicyclic) bond motifs is 1. The first-order chi connectivity index (χ1) is 20.7. The molecule has 0 fully saturated rings. The van der Waals surface area contributed by atoms with Crippen molar-refractivity contribution in [3.05, 3.63) is 109 Å². The van der Waals surface area contributed by atoms with E-state index in [4.69, 9.17) is 20.1 Å². The number of hydrogen-bond acceptors (Lipinski definition) is 7. The summed E-state index contributed by atoms with van der Waals surface area (Å²) in [5.41, 5.74) is 7.62. The zero-order valence-corrected chi connectivity index (χ0v) is 24.2. The van der Waals surface area contributed by atoms with Crippen LogP contribution in [0.25, 0.3) is 11.1 Å². The average molecular weight is 703 g/mol. The van der Waals surface area contributed by atoms with Crippen LogP contribution in [0.1, 0.15) is 30.6 Å². The number of pyridine rings is 2. The molecule has 5 rings (SSSR count). The number of aromatic nitrogens is 2. The summed E-state index contributed by atoms with van der Waals surface area (Å²) in [6.07, 6.45) is 3.22. The monoisotopic (exact) mass is 702 g/mol. The van der Waals surface area contributed by atoms with Gasteiger partial charge in [-0.2, -0.15) is 13.3 Å². The molecule has 1 aliphatic heterocycles. The molecule has 1 N–H and O–H groups in total. The van der Waals surface area contributed by atoms with Gasteiger partial charge in [-0.3, -0.25) is 4.98 Å². The van der Waals surface area contributed by atoms with E-state index >= 15 is 0 Å². The van der Waals surface area contributed by atoms with Crippen LogP contribution >= 0.6 is 0 Å². The van der Waals surface area contributed by atoms with E-state index in [1.54, 1.807) is 48.5 Å². The largest absolute Gasteiger partial charge is 4.00 e. The van der Waals surface area contributed by atoms with Crippen molar-refractivity contribution in [2.75, 3.05) is 34.0 Å². The van der Waals surface area contributed by atoms with Crippen molar-refractivity contribution >= 4 is 28.6 Å². The molecule has 4 aromatic rings. The Morgan fingerprint density at radius 2 is 1.77 bits per heavy atom. The second-order valence-electron chi connectivity index (χ2n) is 8.89. The van der Waals surface area contributed by atoms with Crippen molar-refractivity contribution in [3.8, 4) is 11.1 Å². The first-order valence-electron chi connectivity index (χ1n) is 14.8. The van der Waals surface area contributed by atoms with Gasteiger partial charge in [-0.15, -0.1) is 35.1 Å². The maximum atomic E-state index is 8.15. The van der Waals surface area contributed by atoms with Crippen LogP contribution in [-0.4, -0.2) is 23.9 Å². The van der Waals surface area contributed by atoms with Crippen molar-refractivity contribution in [1.29, 1.82) is 5.26 Å². The fourth-order valence-corrected chi connectivity index (χ4v) is 4.65. The van der Waals surface area contributed by atoms with Gasteiger partial charge in [-0.1, -0.05) is 17.7 Å². The minimum Gasteiger partial charge on any atom is -0.536 e. The SMILES string of the molecule is [2H]C([2H])([2H])N([CH-]Nc1[c-]c(N2[CH-]N(C([2H])([2H])[2H])c3cccnc32)cc(-c2c(C)cc(C)cc2C)c1)c1cccnc1C.[C-]#N.[Pt+4]. The Morgan fingerprint density at radius 1 is 1.05 bits per heavy atom. The molecule has 2 aromatic carbocycles. The number of nitrogens with zero attached hydrogens (tertiary/aromatic N) is 6. The van der Waals surface area contributed by atoms with Gasteiger partial charge in [-0.25, -0.2) is 4.98 Å². The Hall–Kier alpha value is -3.88. The second-order valence-corrected chi connectivity index (χ2v) is 8.89. The van der Waals surface area contributed by atoms with E-state index in [2.05, 4.69) is 33.5 Å². The zero-order valence-electron chi connectivity index (χ0n) is 27.9. The Morgan fingerprint density at radius 3 is 2.46 bits per heavy atom. The predicted molar refractivity (Wildman–Crippen MR) is 154 cm³/mol. The smallest absolute Gasteiger partial charge is 0.536 e. The van der Waals surface area contributed by atoms with E-state index in [-0.39, 0.29) is 21.1 Å². The second kappa shape index (κ2) is 12.8. The molecule has 39 heavy (non-hydrogen) atoms. The molecule has 0 bridgehead atoms. The van der Waals surface area contributed by atoms with E-state index in [0.717, 1.165) is 32.7 Å². The summed E-state index contributed by atoms with van der Waals surface area (Å²) in [5, 5.41) is 9.39. The summed E-state index contributed by atoms with van der Waals surface area (Å²) < 4.78 is 48.6. The van der Waals surface area contributed by atoms with Crippen molar-refractivity contribution in [3.63, 3.8) is 0 Å². The van der Waals surface area contributed by atoms with Gasteiger partial charge < -0.3 is 31.9 Å². The molecule has 0 unspecified atom stereocenters. The van der Waals surface area contributed by atoms with Crippen LogP contribution in [-0.2, 0) is 21.1 Å². The van der Waals surface area contributed by atoms with Crippen LogP contribution in [0.2, 0.25) is 0 Å². The number of hydrogen-bond donors (Lipinski definition) is 1. The summed E-state index contributed by atoms with van der Waals surface area (Å²) in [4.78, 5) is 12.8. The molecule has 1 aliphatic rings. The molecule has 0 saturated carbocycles. The normalized spacial score (nSPS) is 14.6. The fraction of sp³-hybridized carbons (Fsp3) is 0.194. The molecule has 200 valence electrons. The van der Waals surface area contributed by atoms with Gasteiger partial charge in [0.15, 0.2) is 0 Å². The van der Waals surface area contributed by atoms with Crippen LogP contribution in [0.3, 0.4) is 0 Å². The van der Waals surface area contributed by atoms with Crippen molar-refractivity contribution in [2.45, 2.75) is 27.7 Å². The summed E-state index contributed by atoms with van der Waals surface area (Å²) >= 11 is 0. The van der Waals surface area contributed by atoms with Crippen LogP contribution < -0.4 is 20.0 Å². The molecule has 3 heterocycles. The Balaban J connectivity index is 0.00000180. The van der Waals surface area contributed by atoms with Crippen molar-refractivity contribution in [1.82, 2.24) is 9.97 Å². The first-order valence-corrected chi connectivity index (χ1v) is 11.8. The molecule has 0 radical (unpaired) electrons. The van der Waals surface area contributed by atoms with Crippen LogP contribution in [0, 0.1) is 58.9 Å². The molecule has 0 saturated heterocycles. The first kappa shape index (κ1) is 22.0. The molecular weight excluding hydrogens is 665 g/mol. The molecule has 0 amide bonds. The van der Waals surface area contributed by atoms with Gasteiger partial charge in [0, 0.05) is 32.0 Å². The molecule has 0 atom stereocenters. The summed E-state index contributed by atoms with van der Waals surface area (Å²) in [6.45, 7) is 10.6. The predicted octanol–water partition coefficient (Wildman–Crippen LogP) is 6.65. The molecule has 7 nitrogen and oxygen atoms in total. The molecular formula is C31H31N7Pt. The quantitative estimate of drug-likeness (QED) is 0.226. The third-order valence-electron chi connectivity index (χ3n) is 6.15. The minimum absolute atomic E-state index is 0. The van der Waals surface area contributed by atoms with Gasteiger partial charge in [0.25, 0.3) is 0 Å². The van der Waals surface area contributed by atoms with E-state index in [9.17, 15) is 0 Å². The molecule has 2 aromatic heterocycles. The topological polar surface area (TPSA) is 71.3 Å². The Labute approximate surface area is 254 Å². The minimum atomic E-state index is -2.49. The van der Waals surface area contributed by atoms with E-state index in [0.29, 0.717) is 34.3 Å². The third kappa shape index (κ3) is 6.24. The van der Waals surface area contributed by atoms with Gasteiger partial charge in [-0.05, 0) is 82.6 Å².